The predicted octanol–water partition coefficient (Wildman–Crippen LogP) is 4.66. The number of amides is 2. The summed E-state index contributed by atoms with van der Waals surface area (Å²) in [6, 6.07) is 13.8. The minimum atomic E-state index is -0.185. The molecule has 1 heterocycles. The van der Waals surface area contributed by atoms with Crippen LogP contribution in [0.5, 0.6) is 11.5 Å². The Morgan fingerprint density at radius 3 is 2.72 bits per heavy atom. The number of nitrogens with zero attached hydrogens (tertiary/aromatic N) is 1. The third-order valence-corrected chi connectivity index (χ3v) is 5.70. The van der Waals surface area contributed by atoms with Gasteiger partial charge in [-0.05, 0) is 54.1 Å². The van der Waals surface area contributed by atoms with Crippen molar-refractivity contribution in [1.29, 1.82) is 0 Å². The molecule has 0 saturated carbocycles. The summed E-state index contributed by atoms with van der Waals surface area (Å²) in [5.74, 6) is 0.661. The van der Waals surface area contributed by atoms with Crippen LogP contribution < -0.4 is 10.1 Å². The fourth-order valence-electron chi connectivity index (χ4n) is 2.75. The number of rotatable bonds is 7. The van der Waals surface area contributed by atoms with E-state index >= 15 is 0 Å². The average Bonchev–Trinajstić information content (AvgIpc) is 2.96. The lowest BCUT2D eigenvalue weighted by atomic mass is 10.2. The summed E-state index contributed by atoms with van der Waals surface area (Å²) in [5.41, 5.74) is 1.46. The second kappa shape index (κ2) is 9.58. The van der Waals surface area contributed by atoms with Crippen molar-refractivity contribution in [2.45, 2.75) is 12.8 Å². The van der Waals surface area contributed by atoms with E-state index in [1.165, 1.54) is 17.0 Å². The Labute approximate surface area is 178 Å². The molecule has 2 aromatic carbocycles. The SMILES string of the molecule is COc1ccc(C=C2SC(=O)N(CCCC(=O)Nc3cccc(O)c3)C2=S)cc1. The van der Waals surface area contributed by atoms with E-state index in [4.69, 9.17) is 17.0 Å². The molecule has 0 bridgehead atoms. The first-order valence-electron chi connectivity index (χ1n) is 8.94. The lowest BCUT2D eigenvalue weighted by molar-refractivity contribution is -0.116. The number of aromatic hydroxyl groups is 1. The highest BCUT2D eigenvalue weighted by Crippen LogP contribution is 2.33. The molecule has 1 fully saturated rings. The molecule has 2 aromatic rings. The summed E-state index contributed by atoms with van der Waals surface area (Å²) in [5, 5.41) is 12.0. The lowest BCUT2D eigenvalue weighted by Gasteiger charge is -2.14. The number of thiocarbonyl (C=S) groups is 1. The summed E-state index contributed by atoms with van der Waals surface area (Å²) in [4.78, 5) is 27.1. The number of hydrogen-bond acceptors (Lipinski definition) is 6. The normalized spacial score (nSPS) is 15.1. The standard InChI is InChI=1S/C21H20N2O4S2/c1-27-17-9-7-14(8-10-17)12-18-20(28)23(21(26)29-18)11-3-6-19(25)22-15-4-2-5-16(24)13-15/h2,4-5,7-10,12-13,24H,3,6,11H2,1H3,(H,22,25). The van der Waals surface area contributed by atoms with Crippen molar-refractivity contribution in [3.63, 3.8) is 0 Å². The first-order valence-corrected chi connectivity index (χ1v) is 10.2. The minimum Gasteiger partial charge on any atom is -0.508 e. The number of hydrogen-bond donors (Lipinski definition) is 2. The van der Waals surface area contributed by atoms with Crippen LogP contribution in [0.3, 0.4) is 0 Å². The van der Waals surface area contributed by atoms with Gasteiger partial charge in [-0.25, -0.2) is 0 Å². The van der Waals surface area contributed by atoms with Crippen molar-refractivity contribution in [2.24, 2.45) is 0 Å². The van der Waals surface area contributed by atoms with Crippen LogP contribution in [0.25, 0.3) is 6.08 Å². The van der Waals surface area contributed by atoms with Gasteiger partial charge >= 0.3 is 0 Å². The number of benzene rings is 2. The number of carbonyl (C=O) groups excluding carboxylic acids is 2. The Bertz CT molecular complexity index is 957. The molecule has 0 aromatic heterocycles. The number of nitrogens with one attached hydrogen (secondary N) is 1. The Morgan fingerprint density at radius 1 is 1.28 bits per heavy atom. The van der Waals surface area contributed by atoms with Gasteiger partial charge in [0.15, 0.2) is 0 Å². The summed E-state index contributed by atoms with van der Waals surface area (Å²) in [6.07, 6.45) is 2.59. The van der Waals surface area contributed by atoms with E-state index in [1.54, 1.807) is 19.2 Å². The topological polar surface area (TPSA) is 78.9 Å². The van der Waals surface area contributed by atoms with Gasteiger partial charge in [0.25, 0.3) is 5.24 Å². The zero-order valence-corrected chi connectivity index (χ0v) is 17.4. The quantitative estimate of drug-likeness (QED) is 0.493. The Morgan fingerprint density at radius 2 is 2.03 bits per heavy atom. The molecular formula is C21H20N2O4S2. The number of thioether (sulfide) groups is 1. The van der Waals surface area contributed by atoms with Crippen LogP contribution in [-0.4, -0.2) is 39.8 Å². The van der Waals surface area contributed by atoms with E-state index in [0.717, 1.165) is 28.0 Å². The molecule has 0 unspecified atom stereocenters. The monoisotopic (exact) mass is 428 g/mol. The Balaban J connectivity index is 1.53. The highest BCUT2D eigenvalue weighted by Gasteiger charge is 2.31. The fourth-order valence-corrected chi connectivity index (χ4v) is 4.04. The number of anilines is 1. The molecule has 0 aliphatic carbocycles. The molecule has 3 rings (SSSR count). The summed E-state index contributed by atoms with van der Waals surface area (Å²) >= 11 is 6.54. The third-order valence-electron chi connectivity index (χ3n) is 4.20. The van der Waals surface area contributed by atoms with Crippen molar-refractivity contribution in [1.82, 2.24) is 4.90 Å². The molecule has 1 aliphatic rings. The molecule has 6 nitrogen and oxygen atoms in total. The van der Waals surface area contributed by atoms with Gasteiger partial charge in [-0.2, -0.15) is 0 Å². The second-order valence-electron chi connectivity index (χ2n) is 6.31. The van der Waals surface area contributed by atoms with Gasteiger partial charge in [-0.1, -0.05) is 30.4 Å². The first-order chi connectivity index (χ1) is 14.0. The third kappa shape index (κ3) is 5.58. The van der Waals surface area contributed by atoms with Gasteiger partial charge in [-0.3, -0.25) is 14.5 Å². The zero-order valence-electron chi connectivity index (χ0n) is 15.8. The maximum atomic E-state index is 12.3. The molecule has 29 heavy (non-hydrogen) atoms. The van der Waals surface area contributed by atoms with Gasteiger partial charge in [0.1, 0.15) is 16.5 Å². The van der Waals surface area contributed by atoms with Gasteiger partial charge in [0.05, 0.1) is 12.0 Å². The molecule has 1 saturated heterocycles. The fraction of sp³-hybridized carbons (Fsp3) is 0.190. The van der Waals surface area contributed by atoms with Crippen molar-refractivity contribution in [2.75, 3.05) is 19.0 Å². The van der Waals surface area contributed by atoms with E-state index in [1.807, 2.05) is 30.3 Å². The number of carbonyl (C=O) groups is 2. The van der Waals surface area contributed by atoms with Crippen LogP contribution >= 0.6 is 24.0 Å². The molecule has 0 atom stereocenters. The van der Waals surface area contributed by atoms with Crippen molar-refractivity contribution in [3.8, 4) is 11.5 Å². The van der Waals surface area contributed by atoms with E-state index in [-0.39, 0.29) is 23.3 Å². The largest absolute Gasteiger partial charge is 0.508 e. The molecule has 0 radical (unpaired) electrons. The van der Waals surface area contributed by atoms with Gasteiger partial charge in [0.2, 0.25) is 5.91 Å². The Kier molecular flexibility index (Phi) is 6.90. The molecule has 0 spiro atoms. The minimum absolute atomic E-state index is 0.0870. The van der Waals surface area contributed by atoms with Crippen LogP contribution in [0.2, 0.25) is 0 Å². The van der Waals surface area contributed by atoms with Crippen molar-refractivity contribution < 1.29 is 19.4 Å². The van der Waals surface area contributed by atoms with E-state index < -0.39 is 0 Å². The van der Waals surface area contributed by atoms with Crippen LogP contribution in [-0.2, 0) is 4.79 Å². The summed E-state index contributed by atoms with van der Waals surface area (Å²) < 4.78 is 5.14. The summed E-state index contributed by atoms with van der Waals surface area (Å²) in [6.45, 7) is 0.373. The zero-order chi connectivity index (χ0) is 20.8. The van der Waals surface area contributed by atoms with Gasteiger partial charge in [-0.15, -0.1) is 0 Å². The lowest BCUT2D eigenvalue weighted by Crippen LogP contribution is -2.28. The molecular weight excluding hydrogens is 408 g/mol. The van der Waals surface area contributed by atoms with Crippen molar-refractivity contribution in [3.05, 3.63) is 59.0 Å². The molecule has 2 amide bonds. The van der Waals surface area contributed by atoms with E-state index in [9.17, 15) is 14.7 Å². The summed E-state index contributed by atoms with van der Waals surface area (Å²) in [7, 11) is 1.61. The maximum Gasteiger partial charge on any atom is 0.291 e. The van der Waals surface area contributed by atoms with Crippen molar-refractivity contribution >= 4 is 51.9 Å². The first kappa shape index (κ1) is 20.9. The van der Waals surface area contributed by atoms with E-state index in [0.29, 0.717) is 23.6 Å². The smallest absolute Gasteiger partial charge is 0.291 e. The Hall–Kier alpha value is -2.84. The highest BCUT2D eigenvalue weighted by atomic mass is 32.2. The maximum absolute atomic E-state index is 12.3. The molecule has 1 aliphatic heterocycles. The molecule has 8 heteroatoms. The van der Waals surface area contributed by atoms with Gasteiger partial charge in [0, 0.05) is 24.7 Å². The number of phenolic OH excluding ortho intramolecular Hbond substituents is 1. The molecule has 150 valence electrons. The highest BCUT2D eigenvalue weighted by molar-refractivity contribution is 8.19. The van der Waals surface area contributed by atoms with Gasteiger partial charge < -0.3 is 15.2 Å². The number of methoxy groups -OCH3 is 1. The van der Waals surface area contributed by atoms with Crippen LogP contribution in [0.1, 0.15) is 18.4 Å². The second-order valence-corrected chi connectivity index (χ2v) is 7.69. The number of phenols is 1. The molecule has 2 N–H and O–H groups in total. The van der Waals surface area contributed by atoms with Crippen LogP contribution in [0.15, 0.2) is 53.4 Å². The van der Waals surface area contributed by atoms with Crippen LogP contribution in [0.4, 0.5) is 10.5 Å². The predicted molar refractivity (Wildman–Crippen MR) is 119 cm³/mol. The van der Waals surface area contributed by atoms with Crippen LogP contribution in [0, 0.1) is 0 Å². The number of ether oxygens (including phenoxy) is 1. The average molecular weight is 429 g/mol. The van der Waals surface area contributed by atoms with E-state index in [2.05, 4.69) is 5.32 Å².